The van der Waals surface area contributed by atoms with E-state index in [-0.39, 0.29) is 0 Å². The summed E-state index contributed by atoms with van der Waals surface area (Å²) in [5.41, 5.74) is 1.63. The van der Waals surface area contributed by atoms with Crippen molar-refractivity contribution in [2.75, 3.05) is 13.2 Å². The van der Waals surface area contributed by atoms with E-state index < -0.39 is 6.10 Å². The molecule has 4 heteroatoms. The maximum atomic E-state index is 9.61. The molecule has 3 nitrogen and oxygen atoms in total. The summed E-state index contributed by atoms with van der Waals surface area (Å²) in [6.07, 6.45) is -0.603. The highest BCUT2D eigenvalue weighted by Crippen LogP contribution is 2.43. The lowest BCUT2D eigenvalue weighted by Gasteiger charge is -2.23. The fourth-order valence-electron chi connectivity index (χ4n) is 1.79. The van der Waals surface area contributed by atoms with E-state index in [0.717, 1.165) is 5.56 Å². The molecule has 0 spiro atoms. The minimum Gasteiger partial charge on any atom is -0.486 e. The molecule has 0 aliphatic carbocycles. The second-order valence-corrected chi connectivity index (χ2v) is 4.00. The Bertz CT molecular complexity index is 388. The van der Waals surface area contributed by atoms with Crippen LogP contribution in [0.1, 0.15) is 24.2 Å². The van der Waals surface area contributed by atoms with Crippen molar-refractivity contribution in [1.29, 1.82) is 0 Å². The van der Waals surface area contributed by atoms with Crippen molar-refractivity contribution < 1.29 is 14.6 Å². The van der Waals surface area contributed by atoms with Gasteiger partial charge >= 0.3 is 0 Å². The number of aliphatic hydroxyl groups excluding tert-OH is 1. The summed E-state index contributed by atoms with van der Waals surface area (Å²) in [7, 11) is 0. The monoisotopic (exact) mass is 228 g/mol. The summed E-state index contributed by atoms with van der Waals surface area (Å²) >= 11 is 6.16. The van der Waals surface area contributed by atoms with Gasteiger partial charge in [0.25, 0.3) is 0 Å². The van der Waals surface area contributed by atoms with Crippen molar-refractivity contribution in [3.8, 4) is 11.5 Å². The molecule has 1 aromatic carbocycles. The number of ether oxygens (including phenoxy) is 2. The quantitative estimate of drug-likeness (QED) is 0.803. The van der Waals surface area contributed by atoms with Gasteiger partial charge in [-0.25, -0.2) is 0 Å². The van der Waals surface area contributed by atoms with Crippen LogP contribution in [0.3, 0.4) is 0 Å². The number of hydrogen-bond acceptors (Lipinski definition) is 3. The molecule has 1 aliphatic heterocycles. The van der Waals surface area contributed by atoms with Gasteiger partial charge in [0, 0.05) is 5.56 Å². The van der Waals surface area contributed by atoms with Gasteiger partial charge in [-0.3, -0.25) is 0 Å². The summed E-state index contributed by atoms with van der Waals surface area (Å²) in [6.45, 7) is 4.61. The van der Waals surface area contributed by atoms with Gasteiger partial charge in [0.15, 0.2) is 11.5 Å². The van der Waals surface area contributed by atoms with E-state index in [4.69, 9.17) is 21.1 Å². The molecular formula is C11H13ClO3. The molecule has 15 heavy (non-hydrogen) atoms. The summed E-state index contributed by atoms with van der Waals surface area (Å²) in [5, 5.41) is 10.1. The third-order valence-corrected chi connectivity index (χ3v) is 2.81. The average molecular weight is 229 g/mol. The van der Waals surface area contributed by atoms with Crippen LogP contribution in [-0.2, 0) is 0 Å². The van der Waals surface area contributed by atoms with Gasteiger partial charge in [0.1, 0.15) is 13.2 Å². The molecule has 1 unspecified atom stereocenters. The Morgan fingerprint density at radius 3 is 2.73 bits per heavy atom. The molecule has 2 rings (SSSR count). The highest BCUT2D eigenvalue weighted by atomic mass is 35.5. The van der Waals surface area contributed by atoms with Crippen LogP contribution in [0.2, 0.25) is 5.02 Å². The van der Waals surface area contributed by atoms with Gasteiger partial charge in [0.2, 0.25) is 0 Å². The minimum absolute atomic E-state index is 0.458. The first-order chi connectivity index (χ1) is 7.11. The number of benzene rings is 1. The van der Waals surface area contributed by atoms with Gasteiger partial charge in [0.05, 0.1) is 11.1 Å². The maximum absolute atomic E-state index is 9.61. The molecular weight excluding hydrogens is 216 g/mol. The minimum atomic E-state index is -0.603. The normalized spacial score (nSPS) is 16.3. The Morgan fingerprint density at radius 2 is 2.07 bits per heavy atom. The Morgan fingerprint density at radius 1 is 1.40 bits per heavy atom. The standard InChI is InChI=1S/C11H13ClO3/c1-6-5-8-11(15-4-3-14-8)10(12)9(6)7(2)13/h5,7,13H,3-4H2,1-2H3. The van der Waals surface area contributed by atoms with Gasteiger partial charge in [-0.05, 0) is 25.5 Å². The lowest BCUT2D eigenvalue weighted by molar-refractivity contribution is 0.168. The molecule has 0 saturated heterocycles. The third kappa shape index (κ3) is 1.77. The number of fused-ring (bicyclic) bond motifs is 1. The molecule has 0 amide bonds. The van der Waals surface area contributed by atoms with Crippen LogP contribution in [-0.4, -0.2) is 18.3 Å². The maximum Gasteiger partial charge on any atom is 0.180 e. The fourth-order valence-corrected chi connectivity index (χ4v) is 2.25. The molecule has 0 saturated carbocycles. The van der Waals surface area contributed by atoms with Crippen molar-refractivity contribution >= 4 is 11.6 Å². The number of aryl methyl sites for hydroxylation is 1. The van der Waals surface area contributed by atoms with Crippen LogP contribution >= 0.6 is 11.6 Å². The molecule has 1 heterocycles. The molecule has 0 radical (unpaired) electrons. The molecule has 0 bridgehead atoms. The van der Waals surface area contributed by atoms with Crippen LogP contribution in [0.25, 0.3) is 0 Å². The van der Waals surface area contributed by atoms with Crippen molar-refractivity contribution in [2.45, 2.75) is 20.0 Å². The molecule has 1 atom stereocenters. The Labute approximate surface area is 93.6 Å². The van der Waals surface area contributed by atoms with Gasteiger partial charge < -0.3 is 14.6 Å². The van der Waals surface area contributed by atoms with E-state index in [9.17, 15) is 5.11 Å². The predicted octanol–water partition coefficient (Wildman–Crippen LogP) is 2.47. The molecule has 1 aromatic rings. The van der Waals surface area contributed by atoms with Gasteiger partial charge in [-0.1, -0.05) is 11.6 Å². The smallest absolute Gasteiger partial charge is 0.180 e. The van der Waals surface area contributed by atoms with Crippen LogP contribution in [0.5, 0.6) is 11.5 Å². The largest absolute Gasteiger partial charge is 0.486 e. The van der Waals surface area contributed by atoms with Crippen molar-refractivity contribution in [1.82, 2.24) is 0 Å². The highest BCUT2D eigenvalue weighted by molar-refractivity contribution is 6.33. The summed E-state index contributed by atoms with van der Waals surface area (Å²) < 4.78 is 10.9. The highest BCUT2D eigenvalue weighted by Gasteiger charge is 2.22. The van der Waals surface area contributed by atoms with Crippen molar-refractivity contribution in [3.63, 3.8) is 0 Å². The Kier molecular flexibility index (Phi) is 2.76. The number of rotatable bonds is 1. The predicted molar refractivity (Wildman–Crippen MR) is 57.8 cm³/mol. The lowest BCUT2D eigenvalue weighted by Crippen LogP contribution is -2.16. The van der Waals surface area contributed by atoms with Crippen LogP contribution in [0.15, 0.2) is 6.07 Å². The summed E-state index contributed by atoms with van der Waals surface area (Å²) in [5.74, 6) is 1.21. The second-order valence-electron chi connectivity index (χ2n) is 3.62. The first kappa shape index (κ1) is 10.6. The van der Waals surface area contributed by atoms with E-state index in [1.165, 1.54) is 0 Å². The molecule has 82 valence electrons. The molecule has 0 fully saturated rings. The average Bonchev–Trinajstić information content (AvgIpc) is 2.17. The first-order valence-electron chi connectivity index (χ1n) is 4.88. The molecule has 1 aliphatic rings. The summed E-state index contributed by atoms with van der Waals surface area (Å²) in [6, 6.07) is 1.85. The first-order valence-corrected chi connectivity index (χ1v) is 5.25. The van der Waals surface area contributed by atoms with E-state index >= 15 is 0 Å². The zero-order valence-corrected chi connectivity index (χ0v) is 9.47. The molecule has 0 aromatic heterocycles. The summed E-state index contributed by atoms with van der Waals surface area (Å²) in [4.78, 5) is 0. The zero-order chi connectivity index (χ0) is 11.0. The lowest BCUT2D eigenvalue weighted by atomic mass is 10.0. The van der Waals surface area contributed by atoms with Crippen molar-refractivity contribution in [2.24, 2.45) is 0 Å². The second kappa shape index (κ2) is 3.91. The third-order valence-electron chi connectivity index (χ3n) is 2.44. The van der Waals surface area contributed by atoms with Gasteiger partial charge in [-0.15, -0.1) is 0 Å². The SMILES string of the molecule is Cc1cc2c(c(Cl)c1C(C)O)OCCO2. The Balaban J connectivity index is 2.59. The van der Waals surface area contributed by atoms with Crippen molar-refractivity contribution in [3.05, 3.63) is 22.2 Å². The Hall–Kier alpha value is -0.930. The topological polar surface area (TPSA) is 38.7 Å². The number of halogens is 1. The fraction of sp³-hybridized carbons (Fsp3) is 0.455. The van der Waals surface area contributed by atoms with Gasteiger partial charge in [-0.2, -0.15) is 0 Å². The zero-order valence-electron chi connectivity index (χ0n) is 8.71. The van der Waals surface area contributed by atoms with Crippen LogP contribution < -0.4 is 9.47 Å². The van der Waals surface area contributed by atoms with E-state index in [1.807, 2.05) is 13.0 Å². The molecule has 1 N–H and O–H groups in total. The number of aliphatic hydroxyl groups is 1. The van der Waals surface area contributed by atoms with E-state index in [2.05, 4.69) is 0 Å². The van der Waals surface area contributed by atoms with Crippen LogP contribution in [0, 0.1) is 6.92 Å². The van der Waals surface area contributed by atoms with E-state index in [0.29, 0.717) is 35.3 Å². The van der Waals surface area contributed by atoms with E-state index in [1.54, 1.807) is 6.92 Å². The number of hydrogen-bond donors (Lipinski definition) is 1. The van der Waals surface area contributed by atoms with Crippen LogP contribution in [0.4, 0.5) is 0 Å².